The van der Waals surface area contributed by atoms with Crippen molar-refractivity contribution in [1.29, 1.82) is 0 Å². The number of anilines is 3. The molecule has 0 saturated carbocycles. The Morgan fingerprint density at radius 2 is 0.794 bits per heavy atom. The first-order valence-corrected chi connectivity index (χ1v) is 30.9. The Hall–Kier alpha value is -7.38. The maximum Gasteiger partial charge on any atom is 0.251 e. The zero-order valence-corrected chi connectivity index (χ0v) is 41.3. The van der Waals surface area contributed by atoms with Crippen LogP contribution in [0.2, 0.25) is 39.3 Å². The van der Waals surface area contributed by atoms with Gasteiger partial charge in [-0.2, -0.15) is 0 Å². The number of nitrogens with zero attached hydrogens (tertiary/aromatic N) is 1. The van der Waals surface area contributed by atoms with E-state index in [1.54, 1.807) is 0 Å². The normalized spacial score (nSPS) is 12.6. The summed E-state index contributed by atoms with van der Waals surface area (Å²) in [4.78, 5) is 2.51. The molecule has 13 aromatic rings. The van der Waals surface area contributed by atoms with E-state index >= 15 is 0 Å². The smallest absolute Gasteiger partial charge is 0.251 e. The molecule has 3 nitrogen and oxygen atoms in total. The second-order valence-electron chi connectivity index (χ2n) is 20.8. The van der Waals surface area contributed by atoms with Crippen molar-refractivity contribution < 1.29 is 8.83 Å². The number of benzene rings is 11. The summed E-state index contributed by atoms with van der Waals surface area (Å²) >= 11 is 0. The van der Waals surface area contributed by atoms with Crippen LogP contribution in [0.25, 0.3) is 87.0 Å². The van der Waals surface area contributed by atoms with Gasteiger partial charge in [0, 0.05) is 43.7 Å². The van der Waals surface area contributed by atoms with Crippen LogP contribution in [0.4, 0.5) is 17.1 Å². The van der Waals surface area contributed by atoms with Crippen LogP contribution in [0.15, 0.2) is 203 Å². The Balaban J connectivity index is 1.13. The molecule has 0 saturated heterocycles. The molecule has 0 aliphatic rings. The summed E-state index contributed by atoms with van der Waals surface area (Å²) < 4.78 is 13.8. The van der Waals surface area contributed by atoms with E-state index in [1.807, 2.05) is 0 Å². The maximum absolute atomic E-state index is 6.91. The first-order chi connectivity index (χ1) is 33.0. The van der Waals surface area contributed by atoms with E-state index in [2.05, 4.69) is 238 Å². The lowest BCUT2D eigenvalue weighted by Crippen LogP contribution is -2.52. The molecule has 11 aromatic carbocycles. The molecular formula is C62H50BNO2Si2. The molecule has 13 rings (SSSR count). The lowest BCUT2D eigenvalue weighted by Gasteiger charge is -2.30. The first kappa shape index (κ1) is 40.9. The lowest BCUT2D eigenvalue weighted by atomic mass is 9.36. The SMILES string of the molecule is C[Si](C)(C)c1ccc(N(c2ccc([Si](C)(C)C)cc2)c2ccc3ccc4c(B(c5cccc6c5oc5ccccc56)c5cccc6c5oc5ccccc56)ccc5c6ccccc6c2c3c45)cc1. The number of para-hydroxylation sites is 4. The lowest BCUT2D eigenvalue weighted by molar-refractivity contribution is 0.671. The maximum atomic E-state index is 6.91. The van der Waals surface area contributed by atoms with Crippen molar-refractivity contribution in [2.24, 2.45) is 0 Å². The standard InChI is InChI=1S/C62H50BNO2Si2/c1-67(2,3)42-31-27-40(28-32-42)64(41-29-33-43(34-30-41)68(4,5)6)55-38-26-39-25-35-51-52(37-36-48-44-15-7-8-18-47(44)60(55)58(39)59(48)51)63(53-21-13-19-49-45-16-9-11-23-56(45)65-61(49)53)54-22-14-20-50-46-17-10-12-24-57(46)66-62(50)54/h7-38H,1-6H3. The minimum atomic E-state index is -1.54. The van der Waals surface area contributed by atoms with Gasteiger partial charge in [0.05, 0.1) is 21.8 Å². The average Bonchev–Trinajstić information content (AvgIpc) is 3.93. The van der Waals surface area contributed by atoms with Gasteiger partial charge in [-0.3, -0.25) is 0 Å². The van der Waals surface area contributed by atoms with E-state index in [-0.39, 0.29) is 6.71 Å². The van der Waals surface area contributed by atoms with Crippen molar-refractivity contribution >= 4 is 154 Å². The molecule has 0 fully saturated rings. The monoisotopic (exact) mass is 907 g/mol. The molecule has 0 aliphatic heterocycles. The highest BCUT2D eigenvalue weighted by Gasteiger charge is 2.32. The molecule has 326 valence electrons. The van der Waals surface area contributed by atoms with E-state index in [4.69, 9.17) is 8.83 Å². The van der Waals surface area contributed by atoms with E-state index in [0.29, 0.717) is 0 Å². The van der Waals surface area contributed by atoms with Crippen LogP contribution in [0, 0.1) is 0 Å². The molecule has 0 unspecified atom stereocenters. The molecule has 6 heteroatoms. The quantitative estimate of drug-likeness (QED) is 0.0864. The molecule has 68 heavy (non-hydrogen) atoms. The fourth-order valence-corrected chi connectivity index (χ4v) is 13.6. The van der Waals surface area contributed by atoms with Gasteiger partial charge in [-0.05, 0) is 85.7 Å². The van der Waals surface area contributed by atoms with Crippen molar-refractivity contribution in [2.45, 2.75) is 39.3 Å². The third-order valence-electron chi connectivity index (χ3n) is 14.7. The Morgan fingerprint density at radius 3 is 1.34 bits per heavy atom. The third kappa shape index (κ3) is 6.24. The molecule has 0 N–H and O–H groups in total. The number of furan rings is 2. The number of fused-ring (bicyclic) bond motifs is 9. The van der Waals surface area contributed by atoms with Gasteiger partial charge in [-0.1, -0.05) is 207 Å². The van der Waals surface area contributed by atoms with Crippen molar-refractivity contribution in [3.05, 3.63) is 194 Å². The molecule has 0 bridgehead atoms. The Kier molecular flexibility index (Phi) is 9.05. The van der Waals surface area contributed by atoms with Crippen molar-refractivity contribution in [1.82, 2.24) is 0 Å². The molecule has 0 spiro atoms. The van der Waals surface area contributed by atoms with Crippen LogP contribution in [0.1, 0.15) is 0 Å². The van der Waals surface area contributed by atoms with Crippen molar-refractivity contribution in [2.75, 3.05) is 4.90 Å². The summed E-state index contributed by atoms with van der Waals surface area (Å²) in [6.45, 7) is 14.3. The summed E-state index contributed by atoms with van der Waals surface area (Å²) in [6, 6.07) is 72.3. The van der Waals surface area contributed by atoms with Gasteiger partial charge in [0.15, 0.2) is 0 Å². The molecule has 0 amide bonds. The summed E-state index contributed by atoms with van der Waals surface area (Å²) in [5.74, 6) is 0. The summed E-state index contributed by atoms with van der Waals surface area (Å²) in [5.41, 5.74) is 10.5. The molecule has 2 heterocycles. The van der Waals surface area contributed by atoms with Crippen LogP contribution in [0.3, 0.4) is 0 Å². The molecule has 0 radical (unpaired) electrons. The summed E-state index contributed by atoms with van der Waals surface area (Å²) in [7, 11) is -3.08. The minimum Gasteiger partial charge on any atom is -0.457 e. The highest BCUT2D eigenvalue weighted by atomic mass is 28.3. The van der Waals surface area contributed by atoms with Gasteiger partial charge in [0.25, 0.3) is 6.71 Å². The number of hydrogen-bond acceptors (Lipinski definition) is 3. The largest absolute Gasteiger partial charge is 0.457 e. The highest BCUT2D eigenvalue weighted by Crippen LogP contribution is 2.47. The second kappa shape index (κ2) is 15.1. The van der Waals surface area contributed by atoms with E-state index in [0.717, 1.165) is 66.2 Å². The van der Waals surface area contributed by atoms with Crippen LogP contribution in [-0.4, -0.2) is 22.9 Å². The predicted molar refractivity (Wildman–Crippen MR) is 300 cm³/mol. The van der Waals surface area contributed by atoms with Crippen LogP contribution in [0.5, 0.6) is 0 Å². The Morgan fingerprint density at radius 1 is 0.338 bits per heavy atom. The predicted octanol–water partition coefficient (Wildman–Crippen LogP) is 14.6. The van der Waals surface area contributed by atoms with Gasteiger partial charge < -0.3 is 13.7 Å². The first-order valence-electron chi connectivity index (χ1n) is 23.9. The average molecular weight is 908 g/mol. The molecule has 2 aromatic heterocycles. The minimum absolute atomic E-state index is 0.231. The molecule has 0 atom stereocenters. The van der Waals surface area contributed by atoms with Crippen LogP contribution in [-0.2, 0) is 0 Å². The number of hydrogen-bond donors (Lipinski definition) is 0. The van der Waals surface area contributed by atoms with Crippen molar-refractivity contribution in [3.8, 4) is 0 Å². The van der Waals surface area contributed by atoms with Gasteiger partial charge in [0.1, 0.15) is 22.3 Å². The zero-order valence-electron chi connectivity index (χ0n) is 39.3. The summed E-state index contributed by atoms with van der Waals surface area (Å²) in [6.07, 6.45) is 0. The Labute approximate surface area is 398 Å². The van der Waals surface area contributed by atoms with Gasteiger partial charge in [0.2, 0.25) is 0 Å². The zero-order chi connectivity index (χ0) is 46.1. The number of rotatable bonds is 8. The summed E-state index contributed by atoms with van der Waals surface area (Å²) in [5, 5.41) is 17.4. The molecule has 0 aliphatic carbocycles. The van der Waals surface area contributed by atoms with Gasteiger partial charge >= 0.3 is 0 Å². The fourth-order valence-electron chi connectivity index (χ4n) is 11.3. The fraction of sp³-hybridized carbons (Fsp3) is 0.0968. The van der Waals surface area contributed by atoms with Crippen molar-refractivity contribution in [3.63, 3.8) is 0 Å². The van der Waals surface area contributed by atoms with Crippen LogP contribution < -0.4 is 31.7 Å². The second-order valence-corrected chi connectivity index (χ2v) is 31.0. The third-order valence-corrected chi connectivity index (χ3v) is 18.8. The van der Waals surface area contributed by atoms with Gasteiger partial charge in [-0.15, -0.1) is 0 Å². The molecular weight excluding hydrogens is 858 g/mol. The van der Waals surface area contributed by atoms with E-state index in [9.17, 15) is 0 Å². The highest BCUT2D eigenvalue weighted by molar-refractivity contribution is 6.99. The van der Waals surface area contributed by atoms with Gasteiger partial charge in [-0.25, -0.2) is 0 Å². The topological polar surface area (TPSA) is 29.5 Å². The van der Waals surface area contributed by atoms with Crippen LogP contribution >= 0.6 is 0 Å². The van der Waals surface area contributed by atoms with E-state index in [1.165, 1.54) is 64.6 Å². The Bertz CT molecular complexity index is 3950. The van der Waals surface area contributed by atoms with E-state index < -0.39 is 16.1 Å².